The average molecular weight is 292 g/mol. The molecule has 0 aliphatic heterocycles. The molecule has 0 aliphatic rings. The van der Waals surface area contributed by atoms with Gasteiger partial charge < -0.3 is 0 Å². The zero-order valence-corrected chi connectivity index (χ0v) is 12.9. The molecule has 0 atom stereocenters. The van der Waals surface area contributed by atoms with Gasteiger partial charge in [-0.1, -0.05) is 72.8 Å². The highest BCUT2D eigenvalue weighted by atomic mass is 16.1. The van der Waals surface area contributed by atoms with Crippen LogP contribution < -0.4 is 0 Å². The maximum Gasteiger partial charge on any atom is 0.152 e. The molecule has 0 fully saturated rings. The van der Waals surface area contributed by atoms with Crippen LogP contribution in [0.5, 0.6) is 0 Å². The van der Waals surface area contributed by atoms with Crippen LogP contribution in [0.3, 0.4) is 0 Å². The highest BCUT2D eigenvalue weighted by Gasteiger charge is 1.84. The molecule has 0 N–H and O–H groups in total. The summed E-state index contributed by atoms with van der Waals surface area (Å²) in [7, 11) is 0. The van der Waals surface area contributed by atoms with E-state index in [9.17, 15) is 9.59 Å². The summed E-state index contributed by atoms with van der Waals surface area (Å²) in [6.07, 6.45) is 6.75. The monoisotopic (exact) mass is 292 g/mol. The maximum atomic E-state index is 10.5. The lowest BCUT2D eigenvalue weighted by Gasteiger charge is -1.88. The number of carbonyl (C=O) groups is 2. The zero-order valence-electron chi connectivity index (χ0n) is 12.9. The Kier molecular flexibility index (Phi) is 7.91. The van der Waals surface area contributed by atoms with Crippen LogP contribution in [0.25, 0.3) is 12.2 Å². The molecule has 0 heterocycles. The second-order valence-electron chi connectivity index (χ2n) is 4.71. The molecule has 0 unspecified atom stereocenters. The van der Waals surface area contributed by atoms with Gasteiger partial charge in [-0.25, -0.2) is 0 Å². The van der Waals surface area contributed by atoms with Crippen LogP contribution in [0, 0.1) is 0 Å². The first-order chi connectivity index (χ1) is 10.6. The van der Waals surface area contributed by atoms with Crippen molar-refractivity contribution in [2.45, 2.75) is 13.8 Å². The summed E-state index contributed by atoms with van der Waals surface area (Å²) >= 11 is 0. The van der Waals surface area contributed by atoms with E-state index in [1.165, 1.54) is 0 Å². The molecule has 22 heavy (non-hydrogen) atoms. The highest BCUT2D eigenvalue weighted by molar-refractivity contribution is 5.91. The van der Waals surface area contributed by atoms with E-state index in [-0.39, 0.29) is 11.6 Å². The molecule has 0 saturated carbocycles. The number of rotatable bonds is 4. The molecule has 2 aromatic rings. The Morgan fingerprint density at radius 1 is 0.636 bits per heavy atom. The van der Waals surface area contributed by atoms with Crippen molar-refractivity contribution in [2.75, 3.05) is 0 Å². The first-order valence-corrected chi connectivity index (χ1v) is 7.05. The fraction of sp³-hybridized carbons (Fsp3) is 0.100. The van der Waals surface area contributed by atoms with E-state index in [1.54, 1.807) is 26.0 Å². The molecule has 0 aromatic heterocycles. The van der Waals surface area contributed by atoms with Crippen LogP contribution in [0.2, 0.25) is 0 Å². The van der Waals surface area contributed by atoms with Crippen molar-refractivity contribution in [3.05, 3.63) is 83.9 Å². The molecule has 0 spiro atoms. The number of allylic oxidation sites excluding steroid dienone is 2. The Labute approximate surface area is 131 Å². The van der Waals surface area contributed by atoms with Crippen molar-refractivity contribution in [1.82, 2.24) is 0 Å². The van der Waals surface area contributed by atoms with Crippen LogP contribution >= 0.6 is 0 Å². The third-order valence-electron chi connectivity index (χ3n) is 2.62. The lowest BCUT2D eigenvalue weighted by Crippen LogP contribution is -1.79. The van der Waals surface area contributed by atoms with Gasteiger partial charge >= 0.3 is 0 Å². The van der Waals surface area contributed by atoms with Gasteiger partial charge in [0.15, 0.2) is 11.6 Å². The first kappa shape index (κ1) is 17.3. The van der Waals surface area contributed by atoms with Crippen molar-refractivity contribution in [2.24, 2.45) is 0 Å². The highest BCUT2D eigenvalue weighted by Crippen LogP contribution is 2.01. The molecule has 2 aromatic carbocycles. The minimum absolute atomic E-state index is 0.0776. The van der Waals surface area contributed by atoms with Gasteiger partial charge in [0.05, 0.1) is 0 Å². The number of ketones is 2. The van der Waals surface area contributed by atoms with E-state index < -0.39 is 0 Å². The van der Waals surface area contributed by atoms with E-state index in [4.69, 9.17) is 0 Å². The van der Waals surface area contributed by atoms with E-state index in [2.05, 4.69) is 0 Å². The minimum Gasteiger partial charge on any atom is -0.295 e. The van der Waals surface area contributed by atoms with E-state index in [0.717, 1.165) is 11.1 Å². The van der Waals surface area contributed by atoms with Crippen LogP contribution in [-0.2, 0) is 9.59 Å². The van der Waals surface area contributed by atoms with Crippen LogP contribution in [0.4, 0.5) is 0 Å². The average Bonchev–Trinajstić information content (AvgIpc) is 2.53. The van der Waals surface area contributed by atoms with E-state index >= 15 is 0 Å². The molecule has 2 nitrogen and oxygen atoms in total. The predicted octanol–water partition coefficient (Wildman–Crippen LogP) is 4.58. The second kappa shape index (κ2) is 10.1. The predicted molar refractivity (Wildman–Crippen MR) is 92.3 cm³/mol. The smallest absolute Gasteiger partial charge is 0.152 e. The molecule has 0 aliphatic carbocycles. The van der Waals surface area contributed by atoms with Gasteiger partial charge in [-0.3, -0.25) is 9.59 Å². The lowest BCUT2D eigenvalue weighted by atomic mass is 10.2. The van der Waals surface area contributed by atoms with Gasteiger partial charge in [0.2, 0.25) is 0 Å². The standard InChI is InChI=1S/2C10H10O/c2*1-9(11)7-8-10-5-3-2-4-6-10/h2*2-8H,1H3. The second-order valence-corrected chi connectivity index (χ2v) is 4.71. The third-order valence-corrected chi connectivity index (χ3v) is 2.62. The summed E-state index contributed by atoms with van der Waals surface area (Å²) in [4.78, 5) is 21.1. The molecular formula is C20H20O2. The summed E-state index contributed by atoms with van der Waals surface area (Å²) in [5.41, 5.74) is 2.12. The molecular weight excluding hydrogens is 272 g/mol. The van der Waals surface area contributed by atoms with Crippen molar-refractivity contribution < 1.29 is 9.59 Å². The molecule has 0 radical (unpaired) electrons. The van der Waals surface area contributed by atoms with Crippen molar-refractivity contribution in [3.8, 4) is 0 Å². The van der Waals surface area contributed by atoms with Gasteiger partial charge in [0, 0.05) is 0 Å². The minimum atomic E-state index is 0.0776. The van der Waals surface area contributed by atoms with E-state index in [1.807, 2.05) is 72.8 Å². The summed E-state index contributed by atoms with van der Waals surface area (Å²) in [6.45, 7) is 3.08. The van der Waals surface area contributed by atoms with Crippen LogP contribution in [-0.4, -0.2) is 11.6 Å². The molecule has 0 bridgehead atoms. The van der Waals surface area contributed by atoms with Gasteiger partial charge in [0.1, 0.15) is 0 Å². The van der Waals surface area contributed by atoms with Gasteiger partial charge in [-0.15, -0.1) is 0 Å². The molecule has 2 heteroatoms. The number of hydrogen-bond donors (Lipinski definition) is 0. The lowest BCUT2D eigenvalue weighted by molar-refractivity contribution is -0.113. The van der Waals surface area contributed by atoms with Crippen molar-refractivity contribution in [3.63, 3.8) is 0 Å². The zero-order chi connectivity index (χ0) is 16.2. The Balaban J connectivity index is 0.000000220. The molecule has 0 amide bonds. The summed E-state index contributed by atoms with van der Waals surface area (Å²) < 4.78 is 0. The quantitative estimate of drug-likeness (QED) is 0.773. The number of hydrogen-bond acceptors (Lipinski definition) is 2. The first-order valence-electron chi connectivity index (χ1n) is 7.05. The number of carbonyl (C=O) groups excluding carboxylic acids is 2. The topological polar surface area (TPSA) is 34.1 Å². The van der Waals surface area contributed by atoms with Crippen molar-refractivity contribution in [1.29, 1.82) is 0 Å². The summed E-state index contributed by atoms with van der Waals surface area (Å²) in [6, 6.07) is 19.5. The van der Waals surface area contributed by atoms with Crippen molar-refractivity contribution >= 4 is 23.7 Å². The third kappa shape index (κ3) is 8.43. The SMILES string of the molecule is CC(=O)C=Cc1ccccc1.CC(=O)C=Cc1ccccc1. The largest absolute Gasteiger partial charge is 0.295 e. The fourth-order valence-corrected chi connectivity index (χ4v) is 1.56. The van der Waals surface area contributed by atoms with Gasteiger partial charge in [-0.2, -0.15) is 0 Å². The Morgan fingerprint density at radius 3 is 1.23 bits per heavy atom. The normalized spacial score (nSPS) is 10.3. The van der Waals surface area contributed by atoms with Crippen LogP contribution in [0.1, 0.15) is 25.0 Å². The maximum absolute atomic E-state index is 10.5. The Bertz CT molecular complexity index is 578. The van der Waals surface area contributed by atoms with E-state index in [0.29, 0.717) is 0 Å². The van der Waals surface area contributed by atoms with Gasteiger partial charge in [0.25, 0.3) is 0 Å². The Hall–Kier alpha value is -2.74. The number of benzene rings is 2. The fourth-order valence-electron chi connectivity index (χ4n) is 1.56. The summed E-state index contributed by atoms with van der Waals surface area (Å²) in [5.74, 6) is 0.155. The van der Waals surface area contributed by atoms with Gasteiger partial charge in [-0.05, 0) is 37.1 Å². The molecule has 2 rings (SSSR count). The Morgan fingerprint density at radius 2 is 0.955 bits per heavy atom. The molecule has 112 valence electrons. The molecule has 0 saturated heterocycles. The summed E-state index contributed by atoms with van der Waals surface area (Å²) in [5, 5.41) is 0. The van der Waals surface area contributed by atoms with Crippen LogP contribution in [0.15, 0.2) is 72.8 Å².